The minimum atomic E-state index is -4.49. The number of ether oxygens (including phenoxy) is 1. The minimum Gasteiger partial charge on any atom is -0.378 e. The van der Waals surface area contributed by atoms with Gasteiger partial charge in [0.25, 0.3) is 11.1 Å². The molecule has 0 radical (unpaired) electrons. The van der Waals surface area contributed by atoms with Gasteiger partial charge in [-0.1, -0.05) is 6.07 Å². The summed E-state index contributed by atoms with van der Waals surface area (Å²) in [6, 6.07) is 8.03. The molecule has 3 amide bonds. The van der Waals surface area contributed by atoms with Crippen LogP contribution in [0.2, 0.25) is 0 Å². The SMILES string of the molecule is O=C(CN1C(=O)SC(=Cc2cccn2-c2cccc(C(F)(F)F)c2)C1=O)N1CCOCC1. The first kappa shape index (κ1) is 22.2. The van der Waals surface area contributed by atoms with E-state index in [0.29, 0.717) is 43.8 Å². The Labute approximate surface area is 185 Å². The lowest BCUT2D eigenvalue weighted by Gasteiger charge is -2.28. The summed E-state index contributed by atoms with van der Waals surface area (Å²) in [5.41, 5.74) is -0.108. The topological polar surface area (TPSA) is 71.9 Å². The van der Waals surface area contributed by atoms with Crippen molar-refractivity contribution in [3.8, 4) is 5.69 Å². The summed E-state index contributed by atoms with van der Waals surface area (Å²) in [4.78, 5) is 40.0. The normalized spacial score (nSPS) is 18.7. The van der Waals surface area contributed by atoms with Crippen molar-refractivity contribution >= 4 is 34.9 Å². The fourth-order valence-electron chi connectivity index (χ4n) is 3.40. The third-order valence-corrected chi connectivity index (χ3v) is 5.95. The number of amides is 3. The molecule has 0 N–H and O–H groups in total. The van der Waals surface area contributed by atoms with Crippen molar-refractivity contribution in [3.05, 3.63) is 58.8 Å². The van der Waals surface area contributed by atoms with Crippen molar-refractivity contribution in [1.29, 1.82) is 0 Å². The Hall–Kier alpha value is -3.05. The largest absolute Gasteiger partial charge is 0.416 e. The Bertz CT molecular complexity index is 1090. The molecule has 1 aromatic carbocycles. The first-order valence-electron chi connectivity index (χ1n) is 9.70. The van der Waals surface area contributed by atoms with Crippen molar-refractivity contribution < 1.29 is 32.3 Å². The van der Waals surface area contributed by atoms with Crippen LogP contribution < -0.4 is 0 Å². The molecule has 2 aliphatic rings. The molecular formula is C21H18F3N3O4S. The molecule has 0 atom stereocenters. The van der Waals surface area contributed by atoms with Crippen molar-refractivity contribution in [1.82, 2.24) is 14.4 Å². The summed E-state index contributed by atoms with van der Waals surface area (Å²) < 4.78 is 45.9. The molecule has 4 rings (SSSR count). The van der Waals surface area contributed by atoms with Crippen LogP contribution in [0, 0.1) is 0 Å². The molecule has 0 bridgehead atoms. The van der Waals surface area contributed by atoms with Gasteiger partial charge in [0.15, 0.2) is 0 Å². The smallest absolute Gasteiger partial charge is 0.378 e. The fraction of sp³-hybridized carbons (Fsp3) is 0.286. The Kier molecular flexibility index (Phi) is 6.11. The maximum Gasteiger partial charge on any atom is 0.416 e. The number of hydrogen-bond acceptors (Lipinski definition) is 5. The summed E-state index contributed by atoms with van der Waals surface area (Å²) >= 11 is 0.690. The van der Waals surface area contributed by atoms with Gasteiger partial charge >= 0.3 is 6.18 Å². The number of hydrogen-bond donors (Lipinski definition) is 0. The van der Waals surface area contributed by atoms with E-state index >= 15 is 0 Å². The Morgan fingerprint density at radius 3 is 2.59 bits per heavy atom. The number of morpholine rings is 1. The van der Waals surface area contributed by atoms with Gasteiger partial charge in [0, 0.05) is 30.7 Å². The molecule has 2 saturated heterocycles. The van der Waals surface area contributed by atoms with E-state index < -0.39 is 22.9 Å². The quantitative estimate of drug-likeness (QED) is 0.648. The van der Waals surface area contributed by atoms with Crippen LogP contribution in [0.5, 0.6) is 0 Å². The third kappa shape index (κ3) is 4.58. The average Bonchev–Trinajstić information content (AvgIpc) is 3.34. The number of rotatable bonds is 4. The van der Waals surface area contributed by atoms with Crippen molar-refractivity contribution in [2.24, 2.45) is 0 Å². The summed E-state index contributed by atoms with van der Waals surface area (Å²) in [7, 11) is 0. The van der Waals surface area contributed by atoms with Gasteiger partial charge in [0.2, 0.25) is 5.91 Å². The molecule has 0 spiro atoms. The molecule has 0 unspecified atom stereocenters. The number of aromatic nitrogens is 1. The van der Waals surface area contributed by atoms with E-state index in [1.807, 2.05) is 0 Å². The zero-order valence-corrected chi connectivity index (χ0v) is 17.5. The lowest BCUT2D eigenvalue weighted by atomic mass is 10.2. The maximum absolute atomic E-state index is 13.1. The molecule has 0 saturated carbocycles. The van der Waals surface area contributed by atoms with E-state index in [-0.39, 0.29) is 23.0 Å². The van der Waals surface area contributed by atoms with Crippen LogP contribution in [0.25, 0.3) is 11.8 Å². The van der Waals surface area contributed by atoms with E-state index in [2.05, 4.69) is 0 Å². The third-order valence-electron chi connectivity index (χ3n) is 5.04. The predicted molar refractivity (Wildman–Crippen MR) is 111 cm³/mol. The molecule has 7 nitrogen and oxygen atoms in total. The summed E-state index contributed by atoms with van der Waals surface area (Å²) in [6.45, 7) is 1.24. The highest BCUT2D eigenvalue weighted by atomic mass is 32.2. The highest BCUT2D eigenvalue weighted by Crippen LogP contribution is 2.34. The molecule has 2 aliphatic heterocycles. The minimum absolute atomic E-state index is 0.0942. The van der Waals surface area contributed by atoms with Crippen LogP contribution >= 0.6 is 11.8 Å². The van der Waals surface area contributed by atoms with Gasteiger partial charge in [-0.25, -0.2) is 0 Å². The number of imide groups is 1. The first-order valence-corrected chi connectivity index (χ1v) is 10.5. The number of carbonyl (C=O) groups is 3. The van der Waals surface area contributed by atoms with E-state index in [0.717, 1.165) is 17.0 Å². The number of benzene rings is 1. The van der Waals surface area contributed by atoms with Crippen LogP contribution in [0.15, 0.2) is 47.5 Å². The molecule has 168 valence electrons. The lowest BCUT2D eigenvalue weighted by molar-refractivity contribution is -0.139. The van der Waals surface area contributed by atoms with Gasteiger partial charge < -0.3 is 14.2 Å². The van der Waals surface area contributed by atoms with E-state index in [1.54, 1.807) is 18.3 Å². The molecule has 2 aromatic rings. The molecule has 11 heteroatoms. The molecule has 2 fully saturated rings. The van der Waals surface area contributed by atoms with Gasteiger partial charge in [-0.05, 0) is 48.2 Å². The molecule has 1 aromatic heterocycles. The van der Waals surface area contributed by atoms with Crippen LogP contribution in [-0.2, 0) is 20.5 Å². The molecule has 3 heterocycles. The zero-order valence-electron chi connectivity index (χ0n) is 16.7. The van der Waals surface area contributed by atoms with Gasteiger partial charge in [-0.2, -0.15) is 13.2 Å². The summed E-state index contributed by atoms with van der Waals surface area (Å²) in [5.74, 6) is -0.956. The summed E-state index contributed by atoms with van der Waals surface area (Å²) in [5, 5.41) is -0.569. The van der Waals surface area contributed by atoms with Crippen LogP contribution in [0.4, 0.5) is 18.0 Å². The highest BCUT2D eigenvalue weighted by Gasteiger charge is 2.37. The Morgan fingerprint density at radius 1 is 1.12 bits per heavy atom. The Morgan fingerprint density at radius 2 is 1.88 bits per heavy atom. The summed E-state index contributed by atoms with van der Waals surface area (Å²) in [6.07, 6.45) is -1.49. The van der Waals surface area contributed by atoms with Crippen molar-refractivity contribution in [3.63, 3.8) is 0 Å². The number of nitrogens with zero attached hydrogens (tertiary/aromatic N) is 3. The lowest BCUT2D eigenvalue weighted by Crippen LogP contribution is -2.46. The second kappa shape index (κ2) is 8.83. The number of alkyl halides is 3. The first-order chi connectivity index (χ1) is 15.2. The number of thioether (sulfide) groups is 1. The number of halogens is 3. The van der Waals surface area contributed by atoms with Crippen LogP contribution in [-0.4, -0.2) is 64.3 Å². The van der Waals surface area contributed by atoms with E-state index in [1.165, 1.54) is 27.7 Å². The predicted octanol–water partition coefficient (Wildman–Crippen LogP) is 3.39. The van der Waals surface area contributed by atoms with E-state index in [9.17, 15) is 27.6 Å². The molecule has 32 heavy (non-hydrogen) atoms. The van der Waals surface area contributed by atoms with Gasteiger partial charge in [0.1, 0.15) is 6.54 Å². The van der Waals surface area contributed by atoms with Crippen LogP contribution in [0.1, 0.15) is 11.3 Å². The number of carbonyl (C=O) groups excluding carboxylic acids is 3. The van der Waals surface area contributed by atoms with Gasteiger partial charge in [-0.3, -0.25) is 19.3 Å². The molecule has 0 aliphatic carbocycles. The molecular weight excluding hydrogens is 447 g/mol. The van der Waals surface area contributed by atoms with Crippen LogP contribution in [0.3, 0.4) is 0 Å². The monoisotopic (exact) mass is 465 g/mol. The van der Waals surface area contributed by atoms with Crippen molar-refractivity contribution in [2.45, 2.75) is 6.18 Å². The standard InChI is InChI=1S/C21H18F3N3O4S/c22-21(23,24)14-3-1-4-15(11-14)26-6-2-5-16(26)12-17-19(29)27(20(30)32-17)13-18(28)25-7-9-31-10-8-25/h1-6,11-12H,7-10,13H2. The maximum atomic E-state index is 13.1. The highest BCUT2D eigenvalue weighted by molar-refractivity contribution is 8.18. The second-order valence-electron chi connectivity index (χ2n) is 7.11. The fourth-order valence-corrected chi connectivity index (χ4v) is 4.22. The van der Waals surface area contributed by atoms with E-state index in [4.69, 9.17) is 4.74 Å². The van der Waals surface area contributed by atoms with Crippen molar-refractivity contribution in [2.75, 3.05) is 32.8 Å². The Balaban J connectivity index is 1.54. The zero-order chi connectivity index (χ0) is 22.9. The second-order valence-corrected chi connectivity index (χ2v) is 8.11. The van der Waals surface area contributed by atoms with Gasteiger partial charge in [0.05, 0.1) is 23.7 Å². The van der Waals surface area contributed by atoms with Gasteiger partial charge in [-0.15, -0.1) is 0 Å². The average molecular weight is 465 g/mol.